The van der Waals surface area contributed by atoms with Crippen LogP contribution in [0, 0.1) is 11.8 Å². The van der Waals surface area contributed by atoms with Crippen LogP contribution in [-0.4, -0.2) is 33.4 Å². The third-order valence-corrected chi connectivity index (χ3v) is 4.64. The molecule has 1 N–H and O–H groups in total. The fourth-order valence-corrected chi connectivity index (χ4v) is 3.20. The largest absolute Gasteiger partial charge is 0.383 e. The first-order chi connectivity index (χ1) is 10.1. The molecule has 1 atom stereocenters. The minimum absolute atomic E-state index is 0.732. The number of halogens is 1. The van der Waals surface area contributed by atoms with Crippen molar-refractivity contribution in [3.63, 3.8) is 0 Å². The van der Waals surface area contributed by atoms with Gasteiger partial charge in [0.2, 0.25) is 0 Å². The van der Waals surface area contributed by atoms with Gasteiger partial charge in [-0.1, -0.05) is 31.5 Å². The topological polar surface area (TPSA) is 24.5 Å². The highest BCUT2D eigenvalue weighted by atomic mass is 35.5. The summed E-state index contributed by atoms with van der Waals surface area (Å²) in [5, 5.41) is 4.21. The maximum atomic E-state index is 6.48. The molecule has 21 heavy (non-hydrogen) atoms. The number of hydrogen-bond donors (Lipinski definition) is 1. The van der Waals surface area contributed by atoms with Crippen molar-refractivity contribution in [3.05, 3.63) is 28.8 Å². The maximum Gasteiger partial charge on any atom is 0.0642 e. The van der Waals surface area contributed by atoms with E-state index < -0.39 is 0 Å². The molecule has 0 amide bonds. The van der Waals surface area contributed by atoms with Crippen molar-refractivity contribution in [1.29, 1.82) is 0 Å². The molecule has 1 unspecified atom stereocenters. The van der Waals surface area contributed by atoms with Crippen LogP contribution < -0.4 is 10.2 Å². The lowest BCUT2D eigenvalue weighted by atomic mass is 9.95. The number of benzene rings is 1. The van der Waals surface area contributed by atoms with Crippen LogP contribution in [0.1, 0.15) is 25.8 Å². The van der Waals surface area contributed by atoms with E-state index in [2.05, 4.69) is 42.3 Å². The Morgan fingerprint density at radius 3 is 2.86 bits per heavy atom. The summed E-state index contributed by atoms with van der Waals surface area (Å²) in [5.41, 5.74) is 2.40. The van der Waals surface area contributed by atoms with E-state index in [0.29, 0.717) is 0 Å². The molecule has 1 saturated heterocycles. The second-order valence-electron chi connectivity index (χ2n) is 6.19. The third-order valence-electron chi connectivity index (χ3n) is 4.33. The summed E-state index contributed by atoms with van der Waals surface area (Å²) in [5.74, 6) is 1.54. The summed E-state index contributed by atoms with van der Waals surface area (Å²) < 4.78 is 5.02. The number of ether oxygens (including phenoxy) is 1. The van der Waals surface area contributed by atoms with E-state index >= 15 is 0 Å². The van der Waals surface area contributed by atoms with Crippen molar-refractivity contribution < 1.29 is 4.74 Å². The Morgan fingerprint density at radius 1 is 1.43 bits per heavy atom. The van der Waals surface area contributed by atoms with Gasteiger partial charge < -0.3 is 15.0 Å². The molecule has 0 bridgehead atoms. The molecular weight excluding hydrogens is 284 g/mol. The molecule has 3 nitrogen and oxygen atoms in total. The first-order valence-corrected chi connectivity index (χ1v) is 8.22. The minimum Gasteiger partial charge on any atom is -0.383 e. The zero-order chi connectivity index (χ0) is 15.2. The maximum absolute atomic E-state index is 6.48. The predicted octanol–water partition coefficient (Wildman–Crippen LogP) is 3.56. The van der Waals surface area contributed by atoms with Crippen LogP contribution in [-0.2, 0) is 11.3 Å². The summed E-state index contributed by atoms with van der Waals surface area (Å²) in [6.07, 6.45) is 1.27. The number of anilines is 1. The van der Waals surface area contributed by atoms with Gasteiger partial charge in [0.05, 0.1) is 17.3 Å². The Bertz CT molecular complexity index is 450. The van der Waals surface area contributed by atoms with Crippen LogP contribution in [0.3, 0.4) is 0 Å². The predicted molar refractivity (Wildman–Crippen MR) is 90.2 cm³/mol. The zero-order valence-corrected chi connectivity index (χ0v) is 14.1. The number of rotatable bonds is 7. The van der Waals surface area contributed by atoms with Crippen molar-refractivity contribution in [3.8, 4) is 0 Å². The monoisotopic (exact) mass is 310 g/mol. The van der Waals surface area contributed by atoms with Crippen LogP contribution in [0.15, 0.2) is 18.2 Å². The lowest BCUT2D eigenvalue weighted by Gasteiger charge is -2.21. The van der Waals surface area contributed by atoms with E-state index in [0.717, 1.165) is 49.6 Å². The molecule has 0 spiro atoms. The van der Waals surface area contributed by atoms with Gasteiger partial charge in [0.1, 0.15) is 0 Å². The van der Waals surface area contributed by atoms with Gasteiger partial charge in [0.25, 0.3) is 0 Å². The normalized spacial score (nSPS) is 18.7. The second-order valence-corrected chi connectivity index (χ2v) is 6.60. The number of hydrogen-bond acceptors (Lipinski definition) is 3. The summed E-state index contributed by atoms with van der Waals surface area (Å²) in [7, 11) is 1.72. The first kappa shape index (κ1) is 16.6. The molecule has 1 aliphatic heterocycles. The lowest BCUT2D eigenvalue weighted by molar-refractivity contribution is 0.199. The van der Waals surface area contributed by atoms with E-state index in [1.165, 1.54) is 17.7 Å². The van der Waals surface area contributed by atoms with Crippen LogP contribution in [0.4, 0.5) is 5.69 Å². The third kappa shape index (κ3) is 4.60. The number of nitrogens with zero attached hydrogens (tertiary/aromatic N) is 1. The van der Waals surface area contributed by atoms with Crippen molar-refractivity contribution in [2.75, 3.05) is 38.3 Å². The smallest absolute Gasteiger partial charge is 0.0642 e. The molecule has 1 aromatic carbocycles. The van der Waals surface area contributed by atoms with Crippen LogP contribution in [0.25, 0.3) is 0 Å². The van der Waals surface area contributed by atoms with E-state index in [1.807, 2.05) is 0 Å². The Labute approximate surface area is 133 Å². The Kier molecular flexibility index (Phi) is 6.34. The van der Waals surface area contributed by atoms with Gasteiger partial charge in [-0.05, 0) is 36.0 Å². The van der Waals surface area contributed by atoms with Gasteiger partial charge >= 0.3 is 0 Å². The van der Waals surface area contributed by atoms with Gasteiger partial charge in [-0.15, -0.1) is 0 Å². The average molecular weight is 311 g/mol. The van der Waals surface area contributed by atoms with E-state index in [4.69, 9.17) is 16.3 Å². The molecule has 0 aromatic heterocycles. The Hall–Kier alpha value is -0.770. The Balaban J connectivity index is 1.93. The number of nitrogens with one attached hydrogen (secondary N) is 1. The number of methoxy groups -OCH3 is 1. The van der Waals surface area contributed by atoms with Crippen molar-refractivity contribution in [2.24, 2.45) is 11.8 Å². The molecule has 1 heterocycles. The van der Waals surface area contributed by atoms with E-state index in [-0.39, 0.29) is 0 Å². The zero-order valence-electron chi connectivity index (χ0n) is 13.4. The van der Waals surface area contributed by atoms with E-state index in [1.54, 1.807) is 7.11 Å². The molecule has 4 heteroatoms. The quantitative estimate of drug-likeness (QED) is 0.779. The van der Waals surface area contributed by atoms with Crippen molar-refractivity contribution >= 4 is 17.3 Å². The van der Waals surface area contributed by atoms with Crippen molar-refractivity contribution in [1.82, 2.24) is 5.32 Å². The van der Waals surface area contributed by atoms with Crippen LogP contribution in [0.5, 0.6) is 0 Å². The minimum atomic E-state index is 0.732. The molecule has 2 rings (SSSR count). The second kappa shape index (κ2) is 8.02. The molecule has 1 fully saturated rings. The molecule has 1 aliphatic rings. The fourth-order valence-electron chi connectivity index (χ4n) is 2.87. The van der Waals surface area contributed by atoms with Gasteiger partial charge in [-0.25, -0.2) is 0 Å². The van der Waals surface area contributed by atoms with Crippen LogP contribution in [0.2, 0.25) is 5.02 Å². The summed E-state index contributed by atoms with van der Waals surface area (Å²) in [6.45, 7) is 9.29. The molecule has 1 aromatic rings. The summed E-state index contributed by atoms with van der Waals surface area (Å²) >= 11 is 6.48. The van der Waals surface area contributed by atoms with Gasteiger partial charge in [0, 0.05) is 33.3 Å². The molecule has 0 radical (unpaired) electrons. The molecule has 0 aliphatic carbocycles. The van der Waals surface area contributed by atoms with Gasteiger partial charge in [0.15, 0.2) is 0 Å². The fraction of sp³-hybridized carbons (Fsp3) is 0.647. The first-order valence-electron chi connectivity index (χ1n) is 7.85. The average Bonchev–Trinajstić information content (AvgIpc) is 2.93. The summed E-state index contributed by atoms with van der Waals surface area (Å²) in [6, 6.07) is 6.42. The van der Waals surface area contributed by atoms with Crippen LogP contribution >= 0.6 is 11.6 Å². The highest BCUT2D eigenvalue weighted by Gasteiger charge is 2.26. The lowest BCUT2D eigenvalue weighted by Crippen LogP contribution is -2.22. The highest BCUT2D eigenvalue weighted by molar-refractivity contribution is 6.33. The van der Waals surface area contributed by atoms with Gasteiger partial charge in [-0.2, -0.15) is 0 Å². The Morgan fingerprint density at radius 2 is 2.24 bits per heavy atom. The SMILES string of the molecule is COCCNCc1ccc(N2CCC(C(C)C)C2)c(Cl)c1. The van der Waals surface area contributed by atoms with E-state index in [9.17, 15) is 0 Å². The van der Waals surface area contributed by atoms with Gasteiger partial charge in [-0.3, -0.25) is 0 Å². The standard InChI is InChI=1S/C17H27ClN2O/c1-13(2)15-6-8-20(12-15)17-5-4-14(10-16(17)18)11-19-7-9-21-3/h4-5,10,13,15,19H,6-9,11-12H2,1-3H3. The van der Waals surface area contributed by atoms with Crippen molar-refractivity contribution in [2.45, 2.75) is 26.8 Å². The molecule has 118 valence electrons. The summed E-state index contributed by atoms with van der Waals surface area (Å²) in [4.78, 5) is 2.43. The highest BCUT2D eigenvalue weighted by Crippen LogP contribution is 2.33. The molecule has 0 saturated carbocycles. The molecular formula is C17H27ClN2O.